The van der Waals surface area contributed by atoms with Gasteiger partial charge in [-0.1, -0.05) is 0 Å². The van der Waals surface area contributed by atoms with Gasteiger partial charge in [-0.3, -0.25) is 9.78 Å². The number of hydrogen-bond acceptors (Lipinski definition) is 6. The molecule has 1 N–H and O–H groups in total. The third-order valence-electron chi connectivity index (χ3n) is 5.02. The second-order valence-electron chi connectivity index (χ2n) is 7.71. The molecule has 2 aromatic heterocycles. The Morgan fingerprint density at radius 3 is 2.77 bits per heavy atom. The molecule has 1 aliphatic heterocycles. The Morgan fingerprint density at radius 1 is 1.19 bits per heavy atom. The maximum atomic E-state index is 13.2. The van der Waals surface area contributed by atoms with E-state index in [0.29, 0.717) is 37.0 Å². The van der Waals surface area contributed by atoms with Crippen molar-refractivity contribution >= 4 is 5.91 Å². The molecule has 1 unspecified atom stereocenters. The molecule has 162 valence electrons. The summed E-state index contributed by atoms with van der Waals surface area (Å²) in [4.78, 5) is 19.0. The fraction of sp³-hybridized carbons (Fsp3) is 0.333. The molecule has 0 aliphatic carbocycles. The van der Waals surface area contributed by atoms with E-state index in [1.165, 1.54) is 0 Å². The largest absolute Gasteiger partial charge is 0.491 e. The van der Waals surface area contributed by atoms with Crippen molar-refractivity contribution in [1.29, 1.82) is 0 Å². The molecule has 1 fully saturated rings. The van der Waals surface area contributed by atoms with Crippen molar-refractivity contribution in [2.24, 2.45) is 0 Å². The third kappa shape index (κ3) is 5.24. The van der Waals surface area contributed by atoms with Gasteiger partial charge < -0.3 is 24.1 Å². The highest BCUT2D eigenvalue weighted by Gasteiger charge is 2.29. The zero-order valence-corrected chi connectivity index (χ0v) is 17.8. The summed E-state index contributed by atoms with van der Waals surface area (Å²) in [7, 11) is 0. The summed E-state index contributed by atoms with van der Waals surface area (Å²) >= 11 is 0. The summed E-state index contributed by atoms with van der Waals surface area (Å²) in [5.41, 5.74) is 0.895. The van der Waals surface area contributed by atoms with Crippen LogP contribution in [0.1, 0.15) is 24.4 Å². The molecule has 3 aromatic rings. The molecule has 0 saturated carbocycles. The number of carbonyl (C=O) groups excluding carboxylic acids is 1. The fourth-order valence-corrected chi connectivity index (χ4v) is 3.52. The minimum Gasteiger partial charge on any atom is -0.491 e. The topological polar surface area (TPSA) is 76.8 Å². The summed E-state index contributed by atoms with van der Waals surface area (Å²) in [6.45, 7) is 6.36. The van der Waals surface area contributed by atoms with E-state index in [-0.39, 0.29) is 18.1 Å². The first-order chi connectivity index (χ1) is 15.1. The van der Waals surface area contributed by atoms with Crippen molar-refractivity contribution in [2.75, 3.05) is 26.2 Å². The molecule has 0 spiro atoms. The Bertz CT molecular complexity index is 986. The molecular formula is C24H27N3O4. The highest BCUT2D eigenvalue weighted by molar-refractivity contribution is 5.92. The fourth-order valence-electron chi connectivity index (χ4n) is 3.52. The van der Waals surface area contributed by atoms with E-state index in [2.05, 4.69) is 10.3 Å². The summed E-state index contributed by atoms with van der Waals surface area (Å²) in [6.07, 6.45) is 3.48. The average molecular weight is 421 g/mol. The second-order valence-corrected chi connectivity index (χ2v) is 7.71. The van der Waals surface area contributed by atoms with Gasteiger partial charge >= 0.3 is 0 Å². The van der Waals surface area contributed by atoms with Crippen LogP contribution in [0.15, 0.2) is 65.3 Å². The minimum absolute atomic E-state index is 0.0949. The summed E-state index contributed by atoms with van der Waals surface area (Å²) in [5, 5.41) is 3.33. The number of amides is 1. The zero-order chi connectivity index (χ0) is 21.6. The number of benzene rings is 1. The number of carbonyl (C=O) groups is 1. The lowest BCUT2D eigenvalue weighted by Gasteiger charge is -2.35. The lowest BCUT2D eigenvalue weighted by Crippen LogP contribution is -2.55. The van der Waals surface area contributed by atoms with Gasteiger partial charge in [0.25, 0.3) is 5.91 Å². The normalized spacial score (nSPS) is 16.4. The molecule has 1 aliphatic rings. The first-order valence-electron chi connectivity index (χ1n) is 10.5. The van der Waals surface area contributed by atoms with Crippen LogP contribution in [0.25, 0.3) is 11.3 Å². The number of hydrogen-bond donors (Lipinski definition) is 1. The monoisotopic (exact) mass is 421 g/mol. The molecule has 1 aromatic carbocycles. The standard InChI is InChI=1S/C24H27N3O4/c1-17(2)30-20-7-5-18(6-8-20)22-9-10-23(31-22)24(28)27-13-12-26-14-19(27)16-29-21-4-3-11-25-15-21/h3-11,15,17,19,26H,12-14,16H2,1-2H3. The van der Waals surface area contributed by atoms with Gasteiger partial charge in [-0.2, -0.15) is 0 Å². The molecule has 4 rings (SSSR count). The van der Waals surface area contributed by atoms with Crippen molar-refractivity contribution in [1.82, 2.24) is 15.2 Å². The Hall–Kier alpha value is -3.32. The Kier molecular flexibility index (Phi) is 6.52. The predicted molar refractivity (Wildman–Crippen MR) is 117 cm³/mol. The molecule has 7 heteroatoms. The van der Waals surface area contributed by atoms with Gasteiger partial charge in [0.1, 0.15) is 23.9 Å². The maximum Gasteiger partial charge on any atom is 0.290 e. The molecule has 0 bridgehead atoms. The summed E-state index contributed by atoms with van der Waals surface area (Å²) < 4.78 is 17.4. The van der Waals surface area contributed by atoms with E-state index in [0.717, 1.165) is 17.9 Å². The number of rotatable bonds is 7. The van der Waals surface area contributed by atoms with Crippen LogP contribution in [-0.4, -0.2) is 54.2 Å². The van der Waals surface area contributed by atoms with Gasteiger partial charge in [0, 0.05) is 31.4 Å². The number of pyridine rings is 1. The van der Waals surface area contributed by atoms with Crippen molar-refractivity contribution in [3.8, 4) is 22.8 Å². The average Bonchev–Trinajstić information content (AvgIpc) is 3.28. The molecule has 31 heavy (non-hydrogen) atoms. The quantitative estimate of drug-likeness (QED) is 0.628. The summed E-state index contributed by atoms with van der Waals surface area (Å²) in [5.74, 6) is 2.33. The van der Waals surface area contributed by atoms with Crippen molar-refractivity contribution in [3.63, 3.8) is 0 Å². The molecule has 3 heterocycles. The van der Waals surface area contributed by atoms with Crippen LogP contribution >= 0.6 is 0 Å². The van der Waals surface area contributed by atoms with Crippen LogP contribution in [-0.2, 0) is 0 Å². The van der Waals surface area contributed by atoms with Crippen molar-refractivity contribution in [2.45, 2.75) is 26.0 Å². The molecule has 1 atom stereocenters. The summed E-state index contributed by atoms with van der Waals surface area (Å²) in [6, 6.07) is 14.8. The van der Waals surface area contributed by atoms with E-state index >= 15 is 0 Å². The Morgan fingerprint density at radius 2 is 2.03 bits per heavy atom. The van der Waals surface area contributed by atoms with Crippen LogP contribution in [0, 0.1) is 0 Å². The third-order valence-corrected chi connectivity index (χ3v) is 5.02. The highest BCUT2D eigenvalue weighted by atomic mass is 16.5. The van der Waals surface area contributed by atoms with Crippen LogP contribution in [0.4, 0.5) is 0 Å². The van der Waals surface area contributed by atoms with Gasteiger partial charge in [-0.25, -0.2) is 0 Å². The van der Waals surface area contributed by atoms with Gasteiger partial charge in [-0.05, 0) is 62.4 Å². The van der Waals surface area contributed by atoms with Gasteiger partial charge in [0.2, 0.25) is 0 Å². The van der Waals surface area contributed by atoms with E-state index in [4.69, 9.17) is 13.9 Å². The number of ether oxygens (including phenoxy) is 2. The molecule has 1 saturated heterocycles. The van der Waals surface area contributed by atoms with Crippen molar-refractivity contribution in [3.05, 3.63) is 66.7 Å². The van der Waals surface area contributed by atoms with Crippen LogP contribution in [0.3, 0.4) is 0 Å². The molecule has 1 amide bonds. The Labute approximate surface area is 182 Å². The van der Waals surface area contributed by atoms with Gasteiger partial charge in [-0.15, -0.1) is 0 Å². The number of piperazine rings is 1. The predicted octanol–water partition coefficient (Wildman–Crippen LogP) is 3.62. The SMILES string of the molecule is CC(C)Oc1ccc(-c2ccc(C(=O)N3CCNCC3COc3cccnc3)o2)cc1. The van der Waals surface area contributed by atoms with Gasteiger partial charge in [0.05, 0.1) is 18.3 Å². The number of furan rings is 1. The second kappa shape index (κ2) is 9.66. The lowest BCUT2D eigenvalue weighted by molar-refractivity contribution is 0.0529. The van der Waals surface area contributed by atoms with E-state index < -0.39 is 0 Å². The molecular weight excluding hydrogens is 394 g/mol. The minimum atomic E-state index is -0.132. The maximum absolute atomic E-state index is 13.2. The zero-order valence-electron chi connectivity index (χ0n) is 17.8. The van der Waals surface area contributed by atoms with E-state index in [1.54, 1.807) is 18.5 Å². The molecule has 7 nitrogen and oxygen atoms in total. The number of nitrogens with one attached hydrogen (secondary N) is 1. The Balaban J connectivity index is 1.43. The van der Waals surface area contributed by atoms with Crippen LogP contribution in [0.5, 0.6) is 11.5 Å². The first kappa shape index (κ1) is 20.9. The molecule has 0 radical (unpaired) electrons. The number of nitrogens with zero attached hydrogens (tertiary/aromatic N) is 2. The van der Waals surface area contributed by atoms with Crippen LogP contribution < -0.4 is 14.8 Å². The van der Waals surface area contributed by atoms with Gasteiger partial charge in [0.15, 0.2) is 5.76 Å². The smallest absolute Gasteiger partial charge is 0.290 e. The first-order valence-corrected chi connectivity index (χ1v) is 10.5. The van der Waals surface area contributed by atoms with E-state index in [1.807, 2.05) is 61.2 Å². The van der Waals surface area contributed by atoms with E-state index in [9.17, 15) is 4.79 Å². The van der Waals surface area contributed by atoms with Crippen LogP contribution in [0.2, 0.25) is 0 Å². The lowest BCUT2D eigenvalue weighted by atomic mass is 10.1. The van der Waals surface area contributed by atoms with Crippen molar-refractivity contribution < 1.29 is 18.7 Å². The number of aromatic nitrogens is 1. The highest BCUT2D eigenvalue weighted by Crippen LogP contribution is 2.26.